The summed E-state index contributed by atoms with van der Waals surface area (Å²) in [6.45, 7) is 0. The van der Waals surface area contributed by atoms with Gasteiger partial charge in [-0.2, -0.15) is 0 Å². The van der Waals surface area contributed by atoms with E-state index < -0.39 is 17.9 Å². The van der Waals surface area contributed by atoms with Crippen LogP contribution in [0, 0.1) is 0 Å². The van der Waals surface area contributed by atoms with Gasteiger partial charge in [0, 0.05) is 5.56 Å². The SMILES string of the molecule is O=C(NC(C(=O)O)c1ccccc1)c1ccc(O)cc1. The van der Waals surface area contributed by atoms with Crippen LogP contribution in [-0.2, 0) is 4.79 Å². The molecule has 0 radical (unpaired) electrons. The molecular weight excluding hydrogens is 258 g/mol. The molecular formula is C15H13NO4. The molecule has 0 aliphatic carbocycles. The predicted molar refractivity (Wildman–Crippen MR) is 72.4 cm³/mol. The summed E-state index contributed by atoms with van der Waals surface area (Å²) in [5, 5.41) is 20.8. The number of carbonyl (C=O) groups excluding carboxylic acids is 1. The fourth-order valence-electron chi connectivity index (χ4n) is 1.76. The number of hydrogen-bond acceptors (Lipinski definition) is 3. The second-order valence-corrected chi connectivity index (χ2v) is 4.20. The highest BCUT2D eigenvalue weighted by atomic mass is 16.4. The lowest BCUT2D eigenvalue weighted by molar-refractivity contribution is -0.139. The lowest BCUT2D eigenvalue weighted by Gasteiger charge is -2.14. The molecule has 0 aliphatic rings. The molecule has 0 aliphatic heterocycles. The topological polar surface area (TPSA) is 86.6 Å². The van der Waals surface area contributed by atoms with E-state index in [0.29, 0.717) is 5.56 Å². The van der Waals surface area contributed by atoms with Gasteiger partial charge in [0.05, 0.1) is 0 Å². The maximum atomic E-state index is 12.0. The lowest BCUT2D eigenvalue weighted by Crippen LogP contribution is -2.33. The number of carboxylic acids is 1. The minimum Gasteiger partial charge on any atom is -0.508 e. The first kappa shape index (κ1) is 13.6. The Labute approximate surface area is 115 Å². The van der Waals surface area contributed by atoms with Gasteiger partial charge in [0.15, 0.2) is 6.04 Å². The maximum Gasteiger partial charge on any atom is 0.330 e. The molecule has 0 saturated carbocycles. The molecule has 0 bridgehead atoms. The van der Waals surface area contributed by atoms with Crippen LogP contribution in [-0.4, -0.2) is 22.1 Å². The molecule has 3 N–H and O–H groups in total. The molecule has 20 heavy (non-hydrogen) atoms. The fourth-order valence-corrected chi connectivity index (χ4v) is 1.76. The van der Waals surface area contributed by atoms with Crippen molar-refractivity contribution in [2.75, 3.05) is 0 Å². The van der Waals surface area contributed by atoms with Crippen LogP contribution in [0.3, 0.4) is 0 Å². The van der Waals surface area contributed by atoms with Crippen LogP contribution in [0.2, 0.25) is 0 Å². The molecule has 5 nitrogen and oxygen atoms in total. The van der Waals surface area contributed by atoms with Gasteiger partial charge in [-0.25, -0.2) is 4.79 Å². The van der Waals surface area contributed by atoms with Crippen molar-refractivity contribution in [3.05, 3.63) is 65.7 Å². The number of hydrogen-bond donors (Lipinski definition) is 3. The highest BCUT2D eigenvalue weighted by Crippen LogP contribution is 2.15. The van der Waals surface area contributed by atoms with Crippen LogP contribution in [0.4, 0.5) is 0 Å². The van der Waals surface area contributed by atoms with E-state index in [0.717, 1.165) is 0 Å². The summed E-state index contributed by atoms with van der Waals surface area (Å²) in [4.78, 5) is 23.3. The molecule has 2 aromatic rings. The third kappa shape index (κ3) is 3.14. The molecule has 1 atom stereocenters. The van der Waals surface area contributed by atoms with Crippen LogP contribution in [0.25, 0.3) is 0 Å². The zero-order chi connectivity index (χ0) is 14.5. The molecule has 0 aromatic heterocycles. The largest absolute Gasteiger partial charge is 0.508 e. The van der Waals surface area contributed by atoms with Gasteiger partial charge in [-0.05, 0) is 29.8 Å². The summed E-state index contributed by atoms with van der Waals surface area (Å²) >= 11 is 0. The summed E-state index contributed by atoms with van der Waals surface area (Å²) in [7, 11) is 0. The zero-order valence-corrected chi connectivity index (χ0v) is 10.5. The minimum atomic E-state index is -1.14. The van der Waals surface area contributed by atoms with Crippen LogP contribution >= 0.6 is 0 Å². The van der Waals surface area contributed by atoms with Crippen molar-refractivity contribution in [2.24, 2.45) is 0 Å². The van der Waals surface area contributed by atoms with Crippen molar-refractivity contribution in [1.82, 2.24) is 5.32 Å². The van der Waals surface area contributed by atoms with Gasteiger partial charge in [-0.3, -0.25) is 4.79 Å². The highest BCUT2D eigenvalue weighted by molar-refractivity contribution is 5.96. The standard InChI is InChI=1S/C15H13NO4/c17-12-8-6-11(7-9-12)14(18)16-13(15(19)20)10-4-2-1-3-5-10/h1-9,13,17H,(H,16,18)(H,19,20). The van der Waals surface area contributed by atoms with Crippen LogP contribution in [0.15, 0.2) is 54.6 Å². The molecule has 1 unspecified atom stereocenters. The van der Waals surface area contributed by atoms with Gasteiger partial charge in [0.1, 0.15) is 5.75 Å². The van der Waals surface area contributed by atoms with Crippen molar-refractivity contribution < 1.29 is 19.8 Å². The number of phenolic OH excluding ortho intramolecular Hbond substituents is 1. The van der Waals surface area contributed by atoms with Crippen LogP contribution < -0.4 is 5.32 Å². The molecule has 0 saturated heterocycles. The van der Waals surface area contributed by atoms with E-state index in [2.05, 4.69) is 5.32 Å². The Bertz CT molecular complexity index is 608. The van der Waals surface area contributed by atoms with Gasteiger partial charge < -0.3 is 15.5 Å². The molecule has 2 aromatic carbocycles. The average Bonchev–Trinajstić information content (AvgIpc) is 2.46. The van der Waals surface area contributed by atoms with Crippen molar-refractivity contribution in [3.63, 3.8) is 0 Å². The number of nitrogens with one attached hydrogen (secondary N) is 1. The van der Waals surface area contributed by atoms with Crippen molar-refractivity contribution in [1.29, 1.82) is 0 Å². The Morgan fingerprint density at radius 1 is 0.950 bits per heavy atom. The zero-order valence-electron chi connectivity index (χ0n) is 10.5. The Balaban J connectivity index is 2.19. The molecule has 1 amide bonds. The number of aromatic hydroxyl groups is 1. The quantitative estimate of drug-likeness (QED) is 0.793. The normalized spacial score (nSPS) is 11.6. The second kappa shape index (κ2) is 5.88. The fraction of sp³-hybridized carbons (Fsp3) is 0.0667. The molecule has 0 fully saturated rings. The number of aliphatic carboxylic acids is 1. The number of amides is 1. The molecule has 5 heteroatoms. The third-order valence-electron chi connectivity index (χ3n) is 2.78. The van der Waals surface area contributed by atoms with Crippen LogP contribution in [0.5, 0.6) is 5.75 Å². The van der Waals surface area contributed by atoms with Crippen molar-refractivity contribution in [3.8, 4) is 5.75 Å². The van der Waals surface area contributed by atoms with Crippen LogP contribution in [0.1, 0.15) is 22.0 Å². The van der Waals surface area contributed by atoms with Crippen molar-refractivity contribution >= 4 is 11.9 Å². The third-order valence-corrected chi connectivity index (χ3v) is 2.78. The number of phenols is 1. The number of rotatable bonds is 4. The van der Waals surface area contributed by atoms with E-state index >= 15 is 0 Å². The van der Waals surface area contributed by atoms with Gasteiger partial charge >= 0.3 is 5.97 Å². The van der Waals surface area contributed by atoms with E-state index in [1.165, 1.54) is 24.3 Å². The smallest absolute Gasteiger partial charge is 0.330 e. The highest BCUT2D eigenvalue weighted by Gasteiger charge is 2.22. The maximum absolute atomic E-state index is 12.0. The minimum absolute atomic E-state index is 0.0411. The second-order valence-electron chi connectivity index (χ2n) is 4.20. The van der Waals surface area contributed by atoms with E-state index in [-0.39, 0.29) is 11.3 Å². The van der Waals surface area contributed by atoms with E-state index in [4.69, 9.17) is 5.11 Å². The van der Waals surface area contributed by atoms with Crippen molar-refractivity contribution in [2.45, 2.75) is 6.04 Å². The van der Waals surface area contributed by atoms with Gasteiger partial charge in [0.2, 0.25) is 0 Å². The lowest BCUT2D eigenvalue weighted by atomic mass is 10.1. The Morgan fingerprint density at radius 3 is 2.10 bits per heavy atom. The summed E-state index contributed by atoms with van der Waals surface area (Å²) < 4.78 is 0. The molecule has 2 rings (SSSR count). The van der Waals surface area contributed by atoms with Gasteiger partial charge in [-0.1, -0.05) is 30.3 Å². The Hall–Kier alpha value is -2.82. The summed E-state index contributed by atoms with van der Waals surface area (Å²) in [5.74, 6) is -1.61. The Morgan fingerprint density at radius 2 is 1.55 bits per heavy atom. The van der Waals surface area contributed by atoms with E-state index in [1.807, 2.05) is 0 Å². The van der Waals surface area contributed by atoms with Gasteiger partial charge in [0.25, 0.3) is 5.91 Å². The monoisotopic (exact) mass is 271 g/mol. The molecule has 102 valence electrons. The number of carbonyl (C=O) groups is 2. The first-order valence-electron chi connectivity index (χ1n) is 5.95. The molecule has 0 heterocycles. The number of carboxylic acid groups (broad SMARTS) is 1. The predicted octanol–water partition coefficient (Wildman–Crippen LogP) is 1.95. The van der Waals surface area contributed by atoms with E-state index in [1.54, 1.807) is 30.3 Å². The molecule has 0 spiro atoms. The summed E-state index contributed by atoms with van der Waals surface area (Å²) in [6, 6.07) is 12.9. The number of benzene rings is 2. The summed E-state index contributed by atoms with van der Waals surface area (Å²) in [5.41, 5.74) is 0.775. The average molecular weight is 271 g/mol. The van der Waals surface area contributed by atoms with E-state index in [9.17, 15) is 14.7 Å². The Kier molecular flexibility index (Phi) is 4.00. The summed E-state index contributed by atoms with van der Waals surface area (Å²) in [6.07, 6.45) is 0. The van der Waals surface area contributed by atoms with Gasteiger partial charge in [-0.15, -0.1) is 0 Å². The first-order valence-corrected chi connectivity index (χ1v) is 5.95. The first-order chi connectivity index (χ1) is 9.58.